The lowest BCUT2D eigenvalue weighted by Gasteiger charge is -2.20. The fourth-order valence-electron chi connectivity index (χ4n) is 6.71. The largest absolute Gasteiger partial charge is 0.396 e. The van der Waals surface area contributed by atoms with Gasteiger partial charge in [0, 0.05) is 21.9 Å². The minimum Gasteiger partial charge on any atom is -0.396 e. The molecule has 6 aromatic rings. The van der Waals surface area contributed by atoms with Gasteiger partial charge in [0.1, 0.15) is 21.2 Å². The molecule has 0 aliphatic carbocycles. The maximum Gasteiger partial charge on any atom is 0.297 e. The molecule has 0 aliphatic heterocycles. The van der Waals surface area contributed by atoms with Crippen LogP contribution in [-0.2, 0) is 33.1 Å². The van der Waals surface area contributed by atoms with E-state index >= 15 is 0 Å². The smallest absolute Gasteiger partial charge is 0.297 e. The van der Waals surface area contributed by atoms with E-state index in [0.29, 0.717) is 45.5 Å². The first-order chi connectivity index (χ1) is 24.8. The summed E-state index contributed by atoms with van der Waals surface area (Å²) in [7, 11) is -9.85. The Morgan fingerprint density at radius 3 is 1.30 bits per heavy atom. The Hall–Kier alpha value is -5.54. The van der Waals surface area contributed by atoms with E-state index < -0.39 is 30.0 Å². The Labute approximate surface area is 291 Å². The second kappa shape index (κ2) is 12.7. The first kappa shape index (κ1) is 31.7. The standard InChI is InChI=1S/C36H32N6O6S2/c1-3-19-17-21(13-15-23(19)29-25-9-5-7-11-27(25)31(37)33(41-39)35(29)49(43,44)45)22-14-16-24(20(4-2)18-22)30-26-10-6-8-12-28(26)32(38)34(42-40)36(30)50(46,47)48/h5-18,39-40H,3-4,37-38H2,1-2H3,(H,43,44,45)(H,46,47,48)/b41-39+,42-40+. The first-order valence-corrected chi connectivity index (χ1v) is 18.2. The van der Waals surface area contributed by atoms with Crippen LogP contribution >= 0.6 is 0 Å². The number of nitrogens with zero attached hydrogens (tertiary/aromatic N) is 2. The lowest BCUT2D eigenvalue weighted by molar-refractivity contribution is 0.481. The summed E-state index contributed by atoms with van der Waals surface area (Å²) in [6.07, 6.45) is 0.895. The van der Waals surface area contributed by atoms with Crippen LogP contribution in [0.4, 0.5) is 22.7 Å². The highest BCUT2D eigenvalue weighted by molar-refractivity contribution is 7.86. The molecule has 0 fully saturated rings. The maximum absolute atomic E-state index is 12.9. The third-order valence-corrected chi connectivity index (χ3v) is 10.8. The van der Waals surface area contributed by atoms with Gasteiger partial charge < -0.3 is 11.5 Å². The summed E-state index contributed by atoms with van der Waals surface area (Å²) in [6.45, 7) is 3.80. The lowest BCUT2D eigenvalue weighted by Crippen LogP contribution is -2.06. The van der Waals surface area contributed by atoms with Crippen LogP contribution in [0.5, 0.6) is 0 Å². The van der Waals surface area contributed by atoms with E-state index in [1.807, 2.05) is 26.0 Å². The molecule has 0 spiro atoms. The van der Waals surface area contributed by atoms with Crippen LogP contribution in [0.15, 0.2) is 105 Å². The van der Waals surface area contributed by atoms with E-state index in [1.165, 1.54) is 0 Å². The number of benzene rings is 6. The molecule has 6 aromatic carbocycles. The third kappa shape index (κ3) is 5.57. The molecule has 0 unspecified atom stereocenters. The number of nitrogen functional groups attached to an aromatic ring is 2. The topological polar surface area (TPSA) is 233 Å². The second-order valence-corrected chi connectivity index (χ2v) is 14.3. The molecule has 0 aromatic heterocycles. The first-order valence-electron chi connectivity index (χ1n) is 16.3. The molecule has 0 saturated heterocycles. The molecule has 50 heavy (non-hydrogen) atoms. The Kier molecular flexibility index (Phi) is 8.07. The van der Waals surface area contributed by atoms with Crippen molar-refractivity contribution >= 4 is 64.5 Å². The summed E-state index contributed by atoms with van der Waals surface area (Å²) in [4.78, 5) is -1.12. The average molecular weight is 709 g/mol. The van der Waals surface area contributed by atoms with E-state index in [4.69, 9.17) is 14.3 Å². The van der Waals surface area contributed by atoms with Crippen molar-refractivity contribution in [1.82, 2.24) is 0 Å². The molecule has 0 saturated carbocycles. The monoisotopic (exact) mass is 708 g/mol. The van der Waals surface area contributed by atoms with Gasteiger partial charge >= 0.3 is 0 Å². The summed E-state index contributed by atoms with van der Waals surface area (Å²) in [5, 5.41) is 9.21. The van der Waals surface area contributed by atoms with Gasteiger partial charge in [0.25, 0.3) is 20.2 Å². The van der Waals surface area contributed by atoms with Crippen molar-refractivity contribution in [3.8, 4) is 33.4 Å². The van der Waals surface area contributed by atoms with Crippen LogP contribution in [0, 0.1) is 11.0 Å². The van der Waals surface area contributed by atoms with Crippen molar-refractivity contribution in [3.05, 3.63) is 96.1 Å². The van der Waals surface area contributed by atoms with Crippen molar-refractivity contribution in [1.29, 1.82) is 11.0 Å². The zero-order valence-corrected chi connectivity index (χ0v) is 28.4. The Morgan fingerprint density at radius 2 is 0.980 bits per heavy atom. The van der Waals surface area contributed by atoms with Crippen molar-refractivity contribution in [2.75, 3.05) is 11.5 Å². The molecule has 8 N–H and O–H groups in total. The molecule has 254 valence electrons. The molecular weight excluding hydrogens is 677 g/mol. The van der Waals surface area contributed by atoms with Gasteiger partial charge in [0.15, 0.2) is 0 Å². The van der Waals surface area contributed by atoms with Gasteiger partial charge in [-0.3, -0.25) is 9.11 Å². The summed E-state index contributed by atoms with van der Waals surface area (Å²) in [5.74, 6) is 0. The molecule has 12 nitrogen and oxygen atoms in total. The van der Waals surface area contributed by atoms with Gasteiger partial charge in [-0.05, 0) is 57.0 Å². The minimum atomic E-state index is -4.92. The summed E-state index contributed by atoms with van der Waals surface area (Å²) in [5.41, 5.74) is 22.1. The lowest BCUT2D eigenvalue weighted by atomic mass is 9.87. The molecule has 14 heteroatoms. The fourth-order valence-corrected chi connectivity index (χ4v) is 8.45. The fraction of sp³-hybridized carbons (Fsp3) is 0.111. The molecular formula is C36H32N6O6S2. The zero-order valence-electron chi connectivity index (χ0n) is 28.8. The van der Waals surface area contributed by atoms with E-state index in [9.17, 15) is 25.9 Å². The van der Waals surface area contributed by atoms with Crippen LogP contribution in [0.25, 0.3) is 54.9 Å². The number of fused-ring (bicyclic) bond motifs is 2. The summed E-state index contributed by atoms with van der Waals surface area (Å²) < 4.78 is 87.3. The predicted octanol–water partition coefficient (Wildman–Crippen LogP) is 9.10. The molecule has 0 radical (unpaired) electrons. The van der Waals surface area contributed by atoms with Gasteiger partial charge in [0.2, 0.25) is 2.82 Å². The van der Waals surface area contributed by atoms with Gasteiger partial charge in [-0.2, -0.15) is 27.1 Å². The van der Waals surface area contributed by atoms with Gasteiger partial charge in [-0.1, -0.05) is 98.8 Å². The Bertz CT molecular complexity index is 2530. The number of nitrogens with one attached hydrogen (secondary N) is 2. The number of nitrogens with two attached hydrogens (primary N) is 2. The maximum atomic E-state index is 12.9. The van der Waals surface area contributed by atoms with Gasteiger partial charge in [-0.15, -0.1) is 0 Å². The Balaban J connectivity index is 1.61. The highest BCUT2D eigenvalue weighted by Gasteiger charge is 2.30. The quantitative estimate of drug-likeness (QED) is 0.0480. The molecule has 6 rings (SSSR count). The van der Waals surface area contributed by atoms with Crippen molar-refractivity contribution < 1.29 is 28.8 Å². The van der Waals surface area contributed by atoms with Gasteiger partial charge in [0.05, 0.1) is 11.4 Å². The average Bonchev–Trinajstić information content (AvgIpc) is 3.12. The number of rotatable bonds is 9. The zero-order chi connectivity index (χ0) is 37.5. The van der Waals surface area contributed by atoms with Crippen molar-refractivity contribution in [2.45, 2.75) is 36.5 Å². The third-order valence-electron chi connectivity index (χ3n) is 8.93. The van der Waals surface area contributed by atoms with Crippen LogP contribution in [-0.4, -0.2) is 25.9 Å². The van der Waals surface area contributed by atoms with Crippen LogP contribution < -0.4 is 11.5 Å². The number of anilines is 2. The highest BCUT2D eigenvalue weighted by Crippen LogP contribution is 2.49. The van der Waals surface area contributed by atoms with Crippen LogP contribution in [0.2, 0.25) is 2.82 Å². The molecule has 0 bridgehead atoms. The summed E-state index contributed by atoms with van der Waals surface area (Å²) >= 11 is 0. The number of hydrogen-bond donors (Lipinski definition) is 6. The van der Waals surface area contributed by atoms with Crippen LogP contribution in [0.3, 0.4) is 0 Å². The van der Waals surface area contributed by atoms with Gasteiger partial charge in [-0.25, -0.2) is 11.0 Å². The predicted molar refractivity (Wildman–Crippen MR) is 195 cm³/mol. The van der Waals surface area contributed by atoms with Crippen molar-refractivity contribution in [3.63, 3.8) is 0 Å². The number of aryl methyl sites for hydroxylation is 2. The Morgan fingerprint density at radius 1 is 0.620 bits per heavy atom. The minimum absolute atomic E-state index is 0.0502. The molecule has 0 atom stereocenters. The highest BCUT2D eigenvalue weighted by atomic mass is 32.2. The van der Waals surface area contributed by atoms with E-state index in [1.54, 1.807) is 72.8 Å². The normalized spacial score (nSPS) is 13.0. The SMILES string of the molecule is [H]/N=N/c1c(S(=O)(=O)O)c(-c2ccc(-c3ccc(-c4c(S(=O)(=O)O)c(/N=N/[H])c(N)c5ccccc45)c(CC)c3)cc2CC)c2ccccc2c1N. The van der Waals surface area contributed by atoms with Crippen LogP contribution in [0.1, 0.15) is 25.0 Å². The molecule has 0 aliphatic rings. The van der Waals surface area contributed by atoms with E-state index in [-0.39, 0.29) is 33.9 Å². The second-order valence-electron chi connectivity index (χ2n) is 11.6. The molecule has 0 amide bonds. The number of hydrogen-bond acceptors (Lipinski definition) is 10. The van der Waals surface area contributed by atoms with E-state index in [0.717, 1.165) is 22.3 Å². The molecule has 0 heterocycles. The summed E-state index contributed by atoms with van der Waals surface area (Å²) in [6, 6.07) is 24.5. The van der Waals surface area contributed by atoms with E-state index in [2.05, 4.69) is 21.3 Å². The van der Waals surface area contributed by atoms with Crippen molar-refractivity contribution in [2.24, 2.45) is 10.2 Å².